The SMILES string of the molecule is CC[C@H](C)[C@H](NC(=O)c1ccnn1C(C)C)C(=O)Nc1ccc(-c2c(C)n[nH]c2C)cc1. The third-order valence-electron chi connectivity index (χ3n) is 5.74. The van der Waals surface area contributed by atoms with Crippen molar-refractivity contribution in [3.8, 4) is 11.1 Å². The first kappa shape index (κ1) is 23.2. The summed E-state index contributed by atoms with van der Waals surface area (Å²) in [5, 5.41) is 17.3. The number of H-pyrrole nitrogens is 1. The molecule has 0 saturated carbocycles. The molecule has 2 aromatic heterocycles. The third kappa shape index (κ3) is 4.90. The molecular formula is C24H32N6O2. The van der Waals surface area contributed by atoms with Crippen molar-refractivity contribution in [1.82, 2.24) is 25.3 Å². The quantitative estimate of drug-likeness (QED) is 0.491. The van der Waals surface area contributed by atoms with Crippen LogP contribution in [0.3, 0.4) is 0 Å². The number of rotatable bonds is 8. The molecule has 3 rings (SSSR count). The molecule has 3 N–H and O–H groups in total. The summed E-state index contributed by atoms with van der Waals surface area (Å²) in [6.45, 7) is 11.8. The highest BCUT2D eigenvalue weighted by molar-refractivity contribution is 6.00. The second kappa shape index (κ2) is 9.80. The number of hydrogen-bond donors (Lipinski definition) is 3. The van der Waals surface area contributed by atoms with Gasteiger partial charge in [-0.05, 0) is 57.4 Å². The van der Waals surface area contributed by atoms with E-state index in [1.165, 1.54) is 0 Å². The Morgan fingerprint density at radius 2 is 1.78 bits per heavy atom. The number of aryl methyl sites for hydroxylation is 2. The van der Waals surface area contributed by atoms with Crippen LogP contribution in [0.4, 0.5) is 5.69 Å². The first-order valence-electron chi connectivity index (χ1n) is 11.0. The van der Waals surface area contributed by atoms with Crippen molar-refractivity contribution >= 4 is 17.5 Å². The first-order valence-corrected chi connectivity index (χ1v) is 11.0. The van der Waals surface area contributed by atoms with Gasteiger partial charge in [0.1, 0.15) is 11.7 Å². The lowest BCUT2D eigenvalue weighted by atomic mass is 9.97. The first-order chi connectivity index (χ1) is 15.2. The largest absolute Gasteiger partial charge is 0.339 e. The number of aromatic amines is 1. The van der Waals surface area contributed by atoms with E-state index < -0.39 is 6.04 Å². The van der Waals surface area contributed by atoms with Gasteiger partial charge < -0.3 is 10.6 Å². The van der Waals surface area contributed by atoms with Gasteiger partial charge in [0, 0.05) is 29.2 Å². The highest BCUT2D eigenvalue weighted by atomic mass is 16.2. The summed E-state index contributed by atoms with van der Waals surface area (Å²) < 4.78 is 1.65. The van der Waals surface area contributed by atoms with Crippen molar-refractivity contribution < 1.29 is 9.59 Å². The van der Waals surface area contributed by atoms with Gasteiger partial charge in [-0.2, -0.15) is 10.2 Å². The van der Waals surface area contributed by atoms with Gasteiger partial charge in [-0.3, -0.25) is 19.4 Å². The predicted octanol–water partition coefficient (Wildman–Crippen LogP) is 4.25. The average molecular weight is 437 g/mol. The van der Waals surface area contributed by atoms with E-state index in [1.807, 2.05) is 65.8 Å². The van der Waals surface area contributed by atoms with E-state index in [4.69, 9.17) is 0 Å². The molecule has 0 fully saturated rings. The molecule has 0 radical (unpaired) electrons. The van der Waals surface area contributed by atoms with Crippen LogP contribution in [0.25, 0.3) is 11.1 Å². The molecule has 1 aromatic carbocycles. The zero-order chi connectivity index (χ0) is 23.4. The monoisotopic (exact) mass is 436 g/mol. The van der Waals surface area contributed by atoms with Crippen LogP contribution >= 0.6 is 0 Å². The third-order valence-corrected chi connectivity index (χ3v) is 5.74. The second-order valence-electron chi connectivity index (χ2n) is 8.47. The summed E-state index contributed by atoms with van der Waals surface area (Å²) in [5.41, 5.74) is 5.14. The molecule has 0 aliphatic rings. The number of nitrogens with one attached hydrogen (secondary N) is 3. The fourth-order valence-electron chi connectivity index (χ4n) is 3.74. The Balaban J connectivity index is 1.75. The van der Waals surface area contributed by atoms with Crippen molar-refractivity contribution in [2.45, 2.75) is 60.0 Å². The standard InChI is InChI=1S/C24H32N6O2/c1-7-15(4)22(27-23(31)20-12-13-25-30(20)14(2)3)24(32)26-19-10-8-18(9-11-19)21-16(5)28-29-17(21)6/h8-15,22H,7H2,1-6H3,(H,26,32)(H,27,31)(H,28,29)/t15-,22-/m0/s1. The number of aromatic nitrogens is 4. The number of carbonyl (C=O) groups excluding carboxylic acids is 2. The van der Waals surface area contributed by atoms with E-state index in [-0.39, 0.29) is 23.8 Å². The topological polar surface area (TPSA) is 105 Å². The fraction of sp³-hybridized carbons (Fsp3) is 0.417. The molecule has 0 aliphatic heterocycles. The minimum Gasteiger partial charge on any atom is -0.339 e. The van der Waals surface area contributed by atoms with Gasteiger partial charge in [0.15, 0.2) is 0 Å². The summed E-state index contributed by atoms with van der Waals surface area (Å²) >= 11 is 0. The van der Waals surface area contributed by atoms with Crippen LogP contribution < -0.4 is 10.6 Å². The van der Waals surface area contributed by atoms with E-state index in [2.05, 4.69) is 25.9 Å². The molecular weight excluding hydrogens is 404 g/mol. The van der Waals surface area contributed by atoms with E-state index in [9.17, 15) is 9.59 Å². The Morgan fingerprint density at radius 1 is 1.09 bits per heavy atom. The number of hydrogen-bond acceptors (Lipinski definition) is 4. The van der Waals surface area contributed by atoms with Crippen molar-refractivity contribution in [2.24, 2.45) is 5.92 Å². The van der Waals surface area contributed by atoms with E-state index in [1.54, 1.807) is 16.9 Å². The molecule has 8 heteroatoms. The van der Waals surface area contributed by atoms with Gasteiger partial charge in [-0.1, -0.05) is 32.4 Å². The van der Waals surface area contributed by atoms with Crippen LogP contribution in [0.1, 0.15) is 62.0 Å². The zero-order valence-electron chi connectivity index (χ0n) is 19.6. The molecule has 0 bridgehead atoms. The normalized spacial score (nSPS) is 13.1. The summed E-state index contributed by atoms with van der Waals surface area (Å²) in [6.07, 6.45) is 2.35. The number of anilines is 1. The highest BCUT2D eigenvalue weighted by Crippen LogP contribution is 2.26. The van der Waals surface area contributed by atoms with Crippen LogP contribution in [0.15, 0.2) is 36.5 Å². The Labute approximate surface area is 188 Å². The maximum atomic E-state index is 13.1. The van der Waals surface area contributed by atoms with E-state index in [0.717, 1.165) is 28.9 Å². The van der Waals surface area contributed by atoms with E-state index in [0.29, 0.717) is 11.4 Å². The number of carbonyl (C=O) groups is 2. The molecule has 2 atom stereocenters. The molecule has 0 spiro atoms. The van der Waals surface area contributed by atoms with Crippen molar-refractivity contribution in [1.29, 1.82) is 0 Å². The van der Waals surface area contributed by atoms with Gasteiger partial charge in [-0.25, -0.2) is 0 Å². The number of amides is 2. The number of benzene rings is 1. The maximum Gasteiger partial charge on any atom is 0.270 e. The van der Waals surface area contributed by atoms with Crippen LogP contribution in [0, 0.1) is 19.8 Å². The van der Waals surface area contributed by atoms with E-state index >= 15 is 0 Å². The molecule has 0 unspecified atom stereocenters. The Bertz CT molecular complexity index is 1060. The minimum atomic E-state index is -0.666. The molecule has 2 amide bonds. The van der Waals surface area contributed by atoms with Gasteiger partial charge in [-0.15, -0.1) is 0 Å². The van der Waals surface area contributed by atoms with Gasteiger partial charge in [0.2, 0.25) is 5.91 Å². The summed E-state index contributed by atoms with van der Waals surface area (Å²) in [7, 11) is 0. The summed E-state index contributed by atoms with van der Waals surface area (Å²) in [4.78, 5) is 26.0. The molecule has 8 nitrogen and oxygen atoms in total. The van der Waals surface area contributed by atoms with Crippen molar-refractivity contribution in [3.05, 3.63) is 53.6 Å². The summed E-state index contributed by atoms with van der Waals surface area (Å²) in [6, 6.07) is 8.69. The Hall–Kier alpha value is -3.42. The second-order valence-corrected chi connectivity index (χ2v) is 8.47. The number of nitrogens with zero attached hydrogens (tertiary/aromatic N) is 3. The molecule has 32 heavy (non-hydrogen) atoms. The molecule has 170 valence electrons. The smallest absolute Gasteiger partial charge is 0.270 e. The lowest BCUT2D eigenvalue weighted by Gasteiger charge is -2.24. The van der Waals surface area contributed by atoms with Crippen LogP contribution in [0.2, 0.25) is 0 Å². The maximum absolute atomic E-state index is 13.1. The summed E-state index contributed by atoms with van der Waals surface area (Å²) in [5.74, 6) is -0.588. The van der Waals surface area contributed by atoms with Gasteiger partial charge in [0.25, 0.3) is 5.91 Å². The fourth-order valence-corrected chi connectivity index (χ4v) is 3.74. The molecule has 0 saturated heterocycles. The van der Waals surface area contributed by atoms with Crippen LogP contribution in [0.5, 0.6) is 0 Å². The lowest BCUT2D eigenvalue weighted by molar-refractivity contribution is -0.119. The van der Waals surface area contributed by atoms with Crippen molar-refractivity contribution in [2.75, 3.05) is 5.32 Å². The molecule has 2 heterocycles. The average Bonchev–Trinajstić information content (AvgIpc) is 3.39. The van der Waals surface area contributed by atoms with Gasteiger partial charge >= 0.3 is 0 Å². The predicted molar refractivity (Wildman–Crippen MR) is 125 cm³/mol. The molecule has 0 aliphatic carbocycles. The lowest BCUT2D eigenvalue weighted by Crippen LogP contribution is -2.48. The van der Waals surface area contributed by atoms with Gasteiger partial charge in [0.05, 0.1) is 5.69 Å². The highest BCUT2D eigenvalue weighted by Gasteiger charge is 2.28. The Kier molecular flexibility index (Phi) is 7.12. The zero-order valence-corrected chi connectivity index (χ0v) is 19.6. The Morgan fingerprint density at radius 3 is 2.34 bits per heavy atom. The minimum absolute atomic E-state index is 0.0372. The molecule has 3 aromatic rings. The van der Waals surface area contributed by atoms with Crippen molar-refractivity contribution in [3.63, 3.8) is 0 Å². The van der Waals surface area contributed by atoms with Crippen LogP contribution in [-0.2, 0) is 4.79 Å². The van der Waals surface area contributed by atoms with Crippen LogP contribution in [-0.4, -0.2) is 37.8 Å².